The van der Waals surface area contributed by atoms with Crippen LogP contribution in [0.25, 0.3) is 0 Å². The summed E-state index contributed by atoms with van der Waals surface area (Å²) in [6.45, 7) is 3.68. The van der Waals surface area contributed by atoms with Gasteiger partial charge >= 0.3 is 0 Å². The lowest BCUT2D eigenvalue weighted by Gasteiger charge is -2.24. The van der Waals surface area contributed by atoms with Crippen molar-refractivity contribution in [3.05, 3.63) is 65.7 Å². The minimum absolute atomic E-state index is 0.00442. The van der Waals surface area contributed by atoms with Gasteiger partial charge in [0, 0.05) is 12.3 Å². The van der Waals surface area contributed by atoms with Gasteiger partial charge in [-0.3, -0.25) is 14.4 Å². The number of nitrogens with one attached hydrogen (secondary N) is 1. The van der Waals surface area contributed by atoms with Crippen molar-refractivity contribution in [1.29, 1.82) is 0 Å². The number of epoxide rings is 1. The Bertz CT molecular complexity index is 968. The molecule has 1 amide bonds. The predicted molar refractivity (Wildman–Crippen MR) is 125 cm³/mol. The highest BCUT2D eigenvalue weighted by Crippen LogP contribution is 2.29. The summed E-state index contributed by atoms with van der Waals surface area (Å²) in [5.74, 6) is -0.666. The van der Waals surface area contributed by atoms with Crippen LogP contribution in [0.1, 0.15) is 31.4 Å². The van der Waals surface area contributed by atoms with Gasteiger partial charge in [0.25, 0.3) is 0 Å². The molecule has 0 aromatic heterocycles. The Balaban J connectivity index is 1.79. The van der Waals surface area contributed by atoms with Gasteiger partial charge in [-0.05, 0) is 49.9 Å². The number of ketones is 2. The average molecular weight is 453 g/mol. The van der Waals surface area contributed by atoms with Crippen molar-refractivity contribution < 1.29 is 23.9 Å². The van der Waals surface area contributed by atoms with Crippen LogP contribution in [0.15, 0.2) is 54.6 Å². The van der Waals surface area contributed by atoms with Gasteiger partial charge in [0.05, 0.1) is 25.8 Å². The number of amides is 1. The number of hydrogen-bond donors (Lipinski definition) is 2. The number of nitrogens with two attached hydrogens (primary N) is 1. The zero-order valence-corrected chi connectivity index (χ0v) is 19.4. The monoisotopic (exact) mass is 452 g/mol. The lowest BCUT2D eigenvalue weighted by atomic mass is 9.90. The highest BCUT2D eigenvalue weighted by Gasteiger charge is 2.50. The lowest BCUT2D eigenvalue weighted by molar-refractivity contribution is -0.133. The molecule has 7 heteroatoms. The Morgan fingerprint density at radius 3 is 2.21 bits per heavy atom. The molecule has 33 heavy (non-hydrogen) atoms. The van der Waals surface area contributed by atoms with Gasteiger partial charge < -0.3 is 20.5 Å². The molecule has 1 fully saturated rings. The first kappa shape index (κ1) is 24.6. The van der Waals surface area contributed by atoms with Crippen molar-refractivity contribution in [3.8, 4) is 5.75 Å². The van der Waals surface area contributed by atoms with Gasteiger partial charge in [-0.15, -0.1) is 0 Å². The summed E-state index contributed by atoms with van der Waals surface area (Å²) in [5.41, 5.74) is 6.70. The van der Waals surface area contributed by atoms with E-state index in [-0.39, 0.29) is 23.9 Å². The molecule has 3 N–H and O–H groups in total. The number of carbonyl (C=O) groups excluding carboxylic acids is 3. The van der Waals surface area contributed by atoms with Gasteiger partial charge in [-0.25, -0.2) is 0 Å². The summed E-state index contributed by atoms with van der Waals surface area (Å²) in [5, 5.41) is 2.91. The van der Waals surface area contributed by atoms with Crippen LogP contribution in [0, 0.1) is 5.92 Å². The van der Waals surface area contributed by atoms with E-state index >= 15 is 0 Å². The maximum atomic E-state index is 13.4. The molecule has 0 bridgehead atoms. The number of benzene rings is 2. The van der Waals surface area contributed by atoms with Gasteiger partial charge in [0.15, 0.2) is 5.78 Å². The third-order valence-corrected chi connectivity index (χ3v) is 5.98. The predicted octanol–water partition coefficient (Wildman–Crippen LogP) is 2.25. The summed E-state index contributed by atoms with van der Waals surface area (Å²) in [6.07, 6.45) is 0.685. The topological polar surface area (TPSA) is 111 Å². The summed E-state index contributed by atoms with van der Waals surface area (Å²) in [6, 6.07) is 15.4. The number of Topliss-reactive ketones (excluding diaryl/α,β-unsaturated/α-hetero) is 2. The Hall–Kier alpha value is -3.03. The van der Waals surface area contributed by atoms with E-state index in [1.807, 2.05) is 54.6 Å². The largest absolute Gasteiger partial charge is 0.497 e. The van der Waals surface area contributed by atoms with Crippen molar-refractivity contribution in [2.75, 3.05) is 13.7 Å². The summed E-state index contributed by atoms with van der Waals surface area (Å²) in [4.78, 5) is 38.9. The summed E-state index contributed by atoms with van der Waals surface area (Å²) in [7, 11) is 1.58. The molecule has 0 aliphatic carbocycles. The fourth-order valence-corrected chi connectivity index (χ4v) is 3.70. The first-order valence-corrected chi connectivity index (χ1v) is 11.2. The standard InChI is InChI=1S/C26H32N2O5/c1-17(27)23(29)15-20(13-19-9-11-21(32-3)12-10-19)25(31)28-22(24(30)26(2)16-33-26)14-18-7-5-4-6-8-18/h4-12,17,20,22H,13-16,27H2,1-3H3,(H,28,31)/t17-,20?,22-,26+/m0/s1. The average Bonchev–Trinajstić information content (AvgIpc) is 3.57. The van der Waals surface area contributed by atoms with E-state index in [0.717, 1.165) is 11.1 Å². The van der Waals surface area contributed by atoms with E-state index in [1.165, 1.54) is 0 Å². The minimum atomic E-state index is -0.875. The smallest absolute Gasteiger partial charge is 0.224 e. The Morgan fingerprint density at radius 2 is 1.67 bits per heavy atom. The summed E-state index contributed by atoms with van der Waals surface area (Å²) >= 11 is 0. The second-order valence-corrected chi connectivity index (χ2v) is 8.84. The van der Waals surface area contributed by atoms with Gasteiger partial charge in [-0.2, -0.15) is 0 Å². The molecule has 2 aromatic rings. The van der Waals surface area contributed by atoms with Crippen molar-refractivity contribution in [3.63, 3.8) is 0 Å². The Morgan fingerprint density at radius 1 is 1.06 bits per heavy atom. The highest BCUT2D eigenvalue weighted by atomic mass is 16.6. The molecule has 1 unspecified atom stereocenters. The van der Waals surface area contributed by atoms with E-state index < -0.39 is 23.6 Å². The maximum absolute atomic E-state index is 13.4. The molecule has 176 valence electrons. The lowest BCUT2D eigenvalue weighted by Crippen LogP contribution is -2.50. The van der Waals surface area contributed by atoms with Crippen LogP contribution in [-0.2, 0) is 32.0 Å². The zero-order valence-electron chi connectivity index (χ0n) is 19.4. The minimum Gasteiger partial charge on any atom is -0.497 e. The normalized spacial score (nSPS) is 19.8. The molecule has 0 spiro atoms. The molecule has 4 atom stereocenters. The van der Waals surface area contributed by atoms with Crippen LogP contribution in [-0.4, -0.2) is 48.9 Å². The fraction of sp³-hybridized carbons (Fsp3) is 0.423. The second-order valence-electron chi connectivity index (χ2n) is 8.84. The molecule has 3 rings (SSSR count). The van der Waals surface area contributed by atoms with Crippen LogP contribution >= 0.6 is 0 Å². The molecule has 0 saturated carbocycles. The molecule has 1 heterocycles. The van der Waals surface area contributed by atoms with Crippen LogP contribution in [0.4, 0.5) is 0 Å². The highest BCUT2D eigenvalue weighted by molar-refractivity contribution is 5.97. The van der Waals surface area contributed by atoms with Crippen molar-refractivity contribution in [2.45, 2.75) is 50.8 Å². The van der Waals surface area contributed by atoms with Crippen molar-refractivity contribution in [1.82, 2.24) is 5.32 Å². The SMILES string of the molecule is COc1ccc(CC(CC(=O)[C@H](C)N)C(=O)N[C@@H](Cc2ccccc2)C(=O)[C@@]2(C)CO2)cc1. The Kier molecular flexibility index (Phi) is 8.00. The van der Waals surface area contributed by atoms with E-state index in [4.69, 9.17) is 15.2 Å². The number of methoxy groups -OCH3 is 1. The quantitative estimate of drug-likeness (QED) is 0.478. The third kappa shape index (κ3) is 6.73. The van der Waals surface area contributed by atoms with Gasteiger partial charge in [0.2, 0.25) is 5.91 Å². The fourth-order valence-electron chi connectivity index (χ4n) is 3.70. The van der Waals surface area contributed by atoms with Crippen LogP contribution in [0.3, 0.4) is 0 Å². The summed E-state index contributed by atoms with van der Waals surface area (Å²) < 4.78 is 10.5. The molecule has 0 radical (unpaired) electrons. The molecule has 1 aliphatic rings. The van der Waals surface area contributed by atoms with Crippen LogP contribution in [0.5, 0.6) is 5.75 Å². The maximum Gasteiger partial charge on any atom is 0.224 e. The molecule has 2 aromatic carbocycles. The molecule has 7 nitrogen and oxygen atoms in total. The number of carbonyl (C=O) groups is 3. The zero-order chi connectivity index (χ0) is 24.0. The Labute approximate surface area is 194 Å². The van der Waals surface area contributed by atoms with E-state index in [2.05, 4.69) is 5.32 Å². The number of ether oxygens (including phenoxy) is 2. The molecular weight excluding hydrogens is 420 g/mol. The molecule has 1 aliphatic heterocycles. The number of hydrogen-bond acceptors (Lipinski definition) is 6. The molecule has 1 saturated heterocycles. The second kappa shape index (κ2) is 10.7. The van der Waals surface area contributed by atoms with Crippen LogP contribution < -0.4 is 15.8 Å². The van der Waals surface area contributed by atoms with E-state index in [0.29, 0.717) is 25.2 Å². The third-order valence-electron chi connectivity index (χ3n) is 5.98. The molecular formula is C26H32N2O5. The number of rotatable bonds is 12. The van der Waals surface area contributed by atoms with E-state index in [1.54, 1.807) is 21.0 Å². The van der Waals surface area contributed by atoms with Gasteiger partial charge in [-0.1, -0.05) is 42.5 Å². The van der Waals surface area contributed by atoms with Crippen LogP contribution in [0.2, 0.25) is 0 Å². The van der Waals surface area contributed by atoms with Gasteiger partial charge in [0.1, 0.15) is 17.1 Å². The van der Waals surface area contributed by atoms with Crippen molar-refractivity contribution >= 4 is 17.5 Å². The first-order chi connectivity index (χ1) is 15.7. The van der Waals surface area contributed by atoms with Crippen molar-refractivity contribution in [2.24, 2.45) is 11.7 Å². The first-order valence-electron chi connectivity index (χ1n) is 11.2. The van der Waals surface area contributed by atoms with E-state index in [9.17, 15) is 14.4 Å².